The van der Waals surface area contributed by atoms with Crippen molar-refractivity contribution in [1.82, 2.24) is 5.32 Å². The minimum Gasteiger partial charge on any atom is -0.508 e. The fourth-order valence-corrected chi connectivity index (χ4v) is 1.82. The molecule has 1 aromatic carbocycles. The molecule has 0 unspecified atom stereocenters. The lowest BCUT2D eigenvalue weighted by atomic mass is 10.0. The number of carboxylic acid groups (broad SMARTS) is 1. The SMILES string of the molecule is CC(C)C[C@@H](N)C(=O)N[C@H](C(=O)O)c1ccc(O)cc1. The van der Waals surface area contributed by atoms with E-state index in [0.717, 1.165) is 0 Å². The van der Waals surface area contributed by atoms with Gasteiger partial charge in [0.25, 0.3) is 0 Å². The van der Waals surface area contributed by atoms with Gasteiger partial charge in [-0.3, -0.25) is 4.79 Å². The van der Waals surface area contributed by atoms with Gasteiger partial charge in [0.2, 0.25) is 5.91 Å². The van der Waals surface area contributed by atoms with Crippen LogP contribution in [0, 0.1) is 5.92 Å². The average molecular weight is 280 g/mol. The lowest BCUT2D eigenvalue weighted by Gasteiger charge is -2.19. The summed E-state index contributed by atoms with van der Waals surface area (Å²) in [6.45, 7) is 3.86. The molecule has 0 aliphatic carbocycles. The quantitative estimate of drug-likeness (QED) is 0.621. The number of rotatable bonds is 6. The van der Waals surface area contributed by atoms with Crippen molar-refractivity contribution in [2.24, 2.45) is 11.7 Å². The summed E-state index contributed by atoms with van der Waals surface area (Å²) in [6, 6.07) is 3.71. The van der Waals surface area contributed by atoms with Gasteiger partial charge in [0.15, 0.2) is 6.04 Å². The van der Waals surface area contributed by atoms with Gasteiger partial charge in [-0.05, 0) is 30.0 Å². The molecule has 2 atom stereocenters. The van der Waals surface area contributed by atoms with E-state index in [1.165, 1.54) is 24.3 Å². The first kappa shape index (κ1) is 16.0. The Balaban J connectivity index is 2.80. The first-order valence-electron chi connectivity index (χ1n) is 6.39. The Morgan fingerprint density at radius 1 is 1.25 bits per heavy atom. The molecule has 5 N–H and O–H groups in total. The highest BCUT2D eigenvalue weighted by atomic mass is 16.4. The second-order valence-electron chi connectivity index (χ2n) is 5.11. The molecule has 110 valence electrons. The van der Waals surface area contributed by atoms with Crippen molar-refractivity contribution < 1.29 is 19.8 Å². The molecule has 20 heavy (non-hydrogen) atoms. The first-order chi connectivity index (χ1) is 9.31. The van der Waals surface area contributed by atoms with Crippen molar-refractivity contribution in [3.05, 3.63) is 29.8 Å². The summed E-state index contributed by atoms with van der Waals surface area (Å²) in [6.07, 6.45) is 0.480. The maximum Gasteiger partial charge on any atom is 0.330 e. The van der Waals surface area contributed by atoms with Crippen LogP contribution < -0.4 is 11.1 Å². The zero-order valence-corrected chi connectivity index (χ0v) is 11.5. The van der Waals surface area contributed by atoms with Crippen molar-refractivity contribution in [2.45, 2.75) is 32.4 Å². The van der Waals surface area contributed by atoms with E-state index in [4.69, 9.17) is 5.73 Å². The van der Waals surface area contributed by atoms with E-state index < -0.39 is 24.0 Å². The van der Waals surface area contributed by atoms with Crippen LogP contribution in [0.3, 0.4) is 0 Å². The number of carboxylic acids is 1. The molecule has 0 bridgehead atoms. The summed E-state index contributed by atoms with van der Waals surface area (Å²) >= 11 is 0. The standard InChI is InChI=1S/C14H20N2O4/c1-8(2)7-11(15)13(18)16-12(14(19)20)9-3-5-10(17)6-4-9/h3-6,8,11-12,17H,7,15H2,1-2H3,(H,16,18)(H,19,20)/t11-,12+/m1/s1. The fourth-order valence-electron chi connectivity index (χ4n) is 1.82. The third-order valence-corrected chi connectivity index (χ3v) is 2.82. The number of hydrogen-bond acceptors (Lipinski definition) is 4. The minimum atomic E-state index is -1.18. The number of carbonyl (C=O) groups excluding carboxylic acids is 1. The number of aromatic hydroxyl groups is 1. The first-order valence-corrected chi connectivity index (χ1v) is 6.39. The lowest BCUT2D eigenvalue weighted by Crippen LogP contribution is -2.44. The third-order valence-electron chi connectivity index (χ3n) is 2.82. The highest BCUT2D eigenvalue weighted by Crippen LogP contribution is 2.17. The van der Waals surface area contributed by atoms with Crippen LogP contribution in [0.15, 0.2) is 24.3 Å². The van der Waals surface area contributed by atoms with Crippen LogP contribution in [-0.2, 0) is 9.59 Å². The molecule has 0 aliphatic heterocycles. The summed E-state index contributed by atoms with van der Waals surface area (Å²) in [5.41, 5.74) is 6.10. The van der Waals surface area contributed by atoms with E-state index in [0.29, 0.717) is 12.0 Å². The highest BCUT2D eigenvalue weighted by Gasteiger charge is 2.25. The molecule has 0 heterocycles. The number of phenolic OH excluding ortho intramolecular Hbond substituents is 1. The largest absolute Gasteiger partial charge is 0.508 e. The van der Waals surface area contributed by atoms with Crippen molar-refractivity contribution in [3.63, 3.8) is 0 Å². The van der Waals surface area contributed by atoms with Crippen LogP contribution in [0.1, 0.15) is 31.9 Å². The topological polar surface area (TPSA) is 113 Å². The molecule has 6 nitrogen and oxygen atoms in total. The minimum absolute atomic E-state index is 0.0284. The van der Waals surface area contributed by atoms with Gasteiger partial charge in [0, 0.05) is 0 Å². The molecule has 0 radical (unpaired) electrons. The smallest absolute Gasteiger partial charge is 0.330 e. The summed E-state index contributed by atoms with van der Waals surface area (Å²) in [5, 5.41) is 20.8. The van der Waals surface area contributed by atoms with E-state index >= 15 is 0 Å². The molecule has 0 fully saturated rings. The number of nitrogens with two attached hydrogens (primary N) is 1. The summed E-state index contributed by atoms with van der Waals surface area (Å²) in [4.78, 5) is 23.1. The zero-order chi connectivity index (χ0) is 15.3. The van der Waals surface area contributed by atoms with Crippen LogP contribution in [0.4, 0.5) is 0 Å². The molecular formula is C14H20N2O4. The predicted octanol–water partition coefficient (Wildman–Crippen LogP) is 1.01. The Bertz CT molecular complexity index is 471. The number of hydrogen-bond donors (Lipinski definition) is 4. The predicted molar refractivity (Wildman–Crippen MR) is 74.1 cm³/mol. The van der Waals surface area contributed by atoms with E-state index in [1.54, 1.807) is 0 Å². The number of amides is 1. The number of phenols is 1. The van der Waals surface area contributed by atoms with E-state index in [1.807, 2.05) is 13.8 Å². The summed E-state index contributed by atoms with van der Waals surface area (Å²) in [5.74, 6) is -1.41. The molecule has 0 saturated carbocycles. The molecule has 0 aliphatic rings. The molecule has 0 aromatic heterocycles. The Labute approximate surface area is 117 Å². The maximum atomic E-state index is 11.9. The number of benzene rings is 1. The molecule has 1 rings (SSSR count). The molecule has 0 saturated heterocycles. The normalized spacial score (nSPS) is 13.8. The van der Waals surface area contributed by atoms with Gasteiger partial charge in [0.1, 0.15) is 5.75 Å². The fraction of sp³-hybridized carbons (Fsp3) is 0.429. The molecule has 6 heteroatoms. The van der Waals surface area contributed by atoms with Crippen LogP contribution in [-0.4, -0.2) is 28.1 Å². The monoisotopic (exact) mass is 280 g/mol. The molecule has 1 aromatic rings. The second-order valence-corrected chi connectivity index (χ2v) is 5.11. The number of aliphatic carboxylic acids is 1. The second kappa shape index (κ2) is 6.91. The van der Waals surface area contributed by atoms with E-state index in [9.17, 15) is 19.8 Å². The number of carbonyl (C=O) groups is 2. The van der Waals surface area contributed by atoms with Crippen LogP contribution in [0.25, 0.3) is 0 Å². The highest BCUT2D eigenvalue weighted by molar-refractivity contribution is 5.87. The van der Waals surface area contributed by atoms with Gasteiger partial charge < -0.3 is 21.3 Å². The Morgan fingerprint density at radius 2 is 1.80 bits per heavy atom. The van der Waals surface area contributed by atoms with Crippen molar-refractivity contribution in [2.75, 3.05) is 0 Å². The van der Waals surface area contributed by atoms with Crippen molar-refractivity contribution in [3.8, 4) is 5.75 Å². The third kappa shape index (κ3) is 4.55. The van der Waals surface area contributed by atoms with Crippen LogP contribution in [0.5, 0.6) is 5.75 Å². The van der Waals surface area contributed by atoms with Crippen LogP contribution in [0.2, 0.25) is 0 Å². The van der Waals surface area contributed by atoms with E-state index in [2.05, 4.69) is 5.32 Å². The lowest BCUT2D eigenvalue weighted by molar-refractivity contribution is -0.142. The van der Waals surface area contributed by atoms with Gasteiger partial charge in [0.05, 0.1) is 6.04 Å². The number of nitrogens with one attached hydrogen (secondary N) is 1. The molecular weight excluding hydrogens is 260 g/mol. The van der Waals surface area contributed by atoms with Gasteiger partial charge in [-0.2, -0.15) is 0 Å². The van der Waals surface area contributed by atoms with Gasteiger partial charge in [-0.1, -0.05) is 26.0 Å². The maximum absolute atomic E-state index is 11.9. The Morgan fingerprint density at radius 3 is 2.25 bits per heavy atom. The van der Waals surface area contributed by atoms with Gasteiger partial charge in [-0.25, -0.2) is 4.79 Å². The zero-order valence-electron chi connectivity index (χ0n) is 11.5. The van der Waals surface area contributed by atoms with E-state index in [-0.39, 0.29) is 11.7 Å². The van der Waals surface area contributed by atoms with Gasteiger partial charge >= 0.3 is 5.97 Å². The van der Waals surface area contributed by atoms with Crippen molar-refractivity contribution in [1.29, 1.82) is 0 Å². The summed E-state index contributed by atoms with van der Waals surface area (Å²) in [7, 11) is 0. The Kier molecular flexibility index (Phi) is 5.52. The molecule has 1 amide bonds. The van der Waals surface area contributed by atoms with Crippen molar-refractivity contribution >= 4 is 11.9 Å². The Hall–Kier alpha value is -2.08. The summed E-state index contributed by atoms with van der Waals surface area (Å²) < 4.78 is 0. The average Bonchev–Trinajstić information content (AvgIpc) is 2.35. The molecule has 0 spiro atoms. The van der Waals surface area contributed by atoms with Gasteiger partial charge in [-0.15, -0.1) is 0 Å². The van der Waals surface area contributed by atoms with Crippen LogP contribution >= 0.6 is 0 Å².